The van der Waals surface area contributed by atoms with E-state index < -0.39 is 23.5 Å². The Bertz CT molecular complexity index is 1100. The molecule has 2 aromatic carbocycles. The summed E-state index contributed by atoms with van der Waals surface area (Å²) >= 11 is 0. The lowest BCUT2D eigenvalue weighted by molar-refractivity contribution is -0.147. The molecule has 4 unspecified atom stereocenters. The SMILES string of the molecule is CC(C)(NC(=O)C1C2CCC(C2)C1NC(=O)OCC1c2ccccc2-c2ccccc21)C(=O)O. The minimum absolute atomic E-state index is 0.0337. The van der Waals surface area contributed by atoms with Gasteiger partial charge in [-0.3, -0.25) is 4.79 Å². The first-order valence-electron chi connectivity index (χ1n) is 11.9. The van der Waals surface area contributed by atoms with Gasteiger partial charge in [-0.05, 0) is 67.2 Å². The summed E-state index contributed by atoms with van der Waals surface area (Å²) < 4.78 is 5.70. The van der Waals surface area contributed by atoms with Gasteiger partial charge in [-0.1, -0.05) is 48.5 Å². The van der Waals surface area contributed by atoms with E-state index in [9.17, 15) is 19.5 Å². The zero-order valence-corrected chi connectivity index (χ0v) is 19.4. The number of carboxylic acid groups (broad SMARTS) is 1. The molecular formula is C27H30N2O5. The molecule has 34 heavy (non-hydrogen) atoms. The van der Waals surface area contributed by atoms with E-state index in [1.807, 2.05) is 24.3 Å². The van der Waals surface area contributed by atoms with Gasteiger partial charge in [0, 0.05) is 12.0 Å². The van der Waals surface area contributed by atoms with Crippen LogP contribution in [0.2, 0.25) is 0 Å². The summed E-state index contributed by atoms with van der Waals surface area (Å²) in [7, 11) is 0. The van der Waals surface area contributed by atoms with Crippen LogP contribution in [-0.2, 0) is 14.3 Å². The van der Waals surface area contributed by atoms with Crippen molar-refractivity contribution in [1.82, 2.24) is 10.6 Å². The molecule has 178 valence electrons. The number of alkyl carbamates (subject to hydrolysis) is 1. The summed E-state index contributed by atoms with van der Waals surface area (Å²) in [4.78, 5) is 37.4. The maximum Gasteiger partial charge on any atom is 0.407 e. The van der Waals surface area contributed by atoms with Crippen molar-refractivity contribution in [3.63, 3.8) is 0 Å². The molecule has 2 bridgehead atoms. The number of aliphatic carboxylic acids is 1. The van der Waals surface area contributed by atoms with Crippen molar-refractivity contribution in [3.8, 4) is 11.1 Å². The topological polar surface area (TPSA) is 105 Å². The van der Waals surface area contributed by atoms with Crippen molar-refractivity contribution >= 4 is 18.0 Å². The molecule has 7 heteroatoms. The Hall–Kier alpha value is -3.35. The van der Waals surface area contributed by atoms with Crippen LogP contribution in [0.5, 0.6) is 0 Å². The Morgan fingerprint density at radius 2 is 1.56 bits per heavy atom. The summed E-state index contributed by atoms with van der Waals surface area (Å²) in [5.41, 5.74) is 3.25. The van der Waals surface area contributed by atoms with Crippen molar-refractivity contribution in [2.45, 2.75) is 50.6 Å². The second-order valence-electron chi connectivity index (χ2n) is 10.3. The standard InChI is InChI=1S/C27H30N2O5/c1-27(2,25(31)32)29-24(30)22-15-11-12-16(13-15)23(22)28-26(33)34-14-21-19-9-5-3-7-17(19)18-8-4-6-10-20(18)21/h3-10,15-16,21-23H,11-14H2,1-2H3,(H,28,33)(H,29,30)(H,31,32). The quantitative estimate of drug-likeness (QED) is 0.604. The Balaban J connectivity index is 1.26. The predicted octanol–water partition coefficient (Wildman–Crippen LogP) is 3.92. The lowest BCUT2D eigenvalue weighted by Crippen LogP contribution is -2.56. The molecular weight excluding hydrogens is 432 g/mol. The third kappa shape index (κ3) is 3.83. The minimum Gasteiger partial charge on any atom is -0.480 e. The van der Waals surface area contributed by atoms with Gasteiger partial charge in [0.2, 0.25) is 5.91 Å². The Morgan fingerprint density at radius 1 is 0.971 bits per heavy atom. The summed E-state index contributed by atoms with van der Waals surface area (Å²) in [6, 6.07) is 16.0. The zero-order chi connectivity index (χ0) is 24.0. The van der Waals surface area contributed by atoms with Crippen molar-refractivity contribution in [3.05, 3.63) is 59.7 Å². The predicted molar refractivity (Wildman–Crippen MR) is 126 cm³/mol. The van der Waals surface area contributed by atoms with Crippen molar-refractivity contribution in [1.29, 1.82) is 0 Å². The molecule has 2 amide bonds. The van der Waals surface area contributed by atoms with Crippen molar-refractivity contribution < 1.29 is 24.2 Å². The maximum atomic E-state index is 13.0. The van der Waals surface area contributed by atoms with E-state index in [2.05, 4.69) is 34.9 Å². The normalized spacial score (nSPS) is 24.9. The number of hydrogen-bond donors (Lipinski definition) is 3. The van der Waals surface area contributed by atoms with Gasteiger partial charge in [-0.15, -0.1) is 0 Å². The summed E-state index contributed by atoms with van der Waals surface area (Å²) in [5.74, 6) is -1.54. The number of carboxylic acids is 1. The highest BCUT2D eigenvalue weighted by atomic mass is 16.5. The molecule has 5 rings (SSSR count). The van der Waals surface area contributed by atoms with Gasteiger partial charge in [0.25, 0.3) is 0 Å². The number of carbonyl (C=O) groups is 3. The first kappa shape index (κ1) is 22.4. The number of ether oxygens (including phenoxy) is 1. The average molecular weight is 463 g/mol. The third-order valence-electron chi connectivity index (χ3n) is 7.82. The molecule has 3 N–H and O–H groups in total. The van der Waals surface area contributed by atoms with Crippen LogP contribution in [0, 0.1) is 17.8 Å². The van der Waals surface area contributed by atoms with E-state index in [-0.39, 0.29) is 36.3 Å². The molecule has 2 aromatic rings. The second-order valence-corrected chi connectivity index (χ2v) is 10.3. The van der Waals surface area contributed by atoms with Gasteiger partial charge >= 0.3 is 12.1 Å². The van der Waals surface area contributed by atoms with Crippen molar-refractivity contribution in [2.75, 3.05) is 6.61 Å². The molecule has 3 aliphatic carbocycles. The minimum atomic E-state index is -1.37. The van der Waals surface area contributed by atoms with Crippen LogP contribution in [0.3, 0.4) is 0 Å². The lowest BCUT2D eigenvalue weighted by Gasteiger charge is -2.33. The Morgan fingerprint density at radius 3 is 2.18 bits per heavy atom. The van der Waals surface area contributed by atoms with E-state index >= 15 is 0 Å². The zero-order valence-electron chi connectivity index (χ0n) is 19.4. The molecule has 2 fully saturated rings. The number of fused-ring (bicyclic) bond motifs is 5. The van der Waals surface area contributed by atoms with E-state index in [0.717, 1.165) is 41.5 Å². The number of hydrogen-bond acceptors (Lipinski definition) is 4. The molecule has 0 heterocycles. The van der Waals surface area contributed by atoms with E-state index in [0.29, 0.717) is 0 Å². The van der Waals surface area contributed by atoms with E-state index in [1.54, 1.807) is 0 Å². The van der Waals surface area contributed by atoms with E-state index in [1.165, 1.54) is 13.8 Å². The fourth-order valence-electron chi connectivity index (χ4n) is 6.10. The second kappa shape index (κ2) is 8.46. The molecule has 0 aliphatic heterocycles. The van der Waals surface area contributed by atoms with Crippen LogP contribution in [0.25, 0.3) is 11.1 Å². The highest BCUT2D eigenvalue weighted by Crippen LogP contribution is 2.49. The number of benzene rings is 2. The highest BCUT2D eigenvalue weighted by molar-refractivity contribution is 5.88. The Labute approximate surface area is 198 Å². The molecule has 0 aromatic heterocycles. The van der Waals surface area contributed by atoms with Gasteiger partial charge in [0.1, 0.15) is 12.1 Å². The first-order valence-corrected chi connectivity index (χ1v) is 11.9. The molecule has 0 radical (unpaired) electrons. The maximum absolute atomic E-state index is 13.0. The number of carbonyl (C=O) groups excluding carboxylic acids is 2. The molecule has 2 saturated carbocycles. The molecule has 3 aliphatic rings. The molecule has 7 nitrogen and oxygen atoms in total. The monoisotopic (exact) mass is 462 g/mol. The van der Waals surface area contributed by atoms with Gasteiger partial charge < -0.3 is 20.5 Å². The summed E-state index contributed by atoms with van der Waals surface area (Å²) in [5, 5.41) is 15.0. The van der Waals surface area contributed by atoms with Crippen LogP contribution >= 0.6 is 0 Å². The number of nitrogens with one attached hydrogen (secondary N) is 2. The van der Waals surface area contributed by atoms with Crippen LogP contribution in [0.4, 0.5) is 4.79 Å². The molecule has 0 spiro atoms. The van der Waals surface area contributed by atoms with Crippen LogP contribution in [0.15, 0.2) is 48.5 Å². The fraction of sp³-hybridized carbons (Fsp3) is 0.444. The van der Waals surface area contributed by atoms with Gasteiger partial charge in [0.05, 0.1) is 5.92 Å². The average Bonchev–Trinajstić information content (AvgIpc) is 3.49. The van der Waals surface area contributed by atoms with Crippen LogP contribution in [0.1, 0.15) is 50.2 Å². The van der Waals surface area contributed by atoms with Crippen LogP contribution in [-0.4, -0.2) is 41.3 Å². The van der Waals surface area contributed by atoms with Crippen molar-refractivity contribution in [2.24, 2.45) is 17.8 Å². The molecule has 4 atom stereocenters. The highest BCUT2D eigenvalue weighted by Gasteiger charge is 2.52. The van der Waals surface area contributed by atoms with Gasteiger partial charge in [0.15, 0.2) is 0 Å². The largest absolute Gasteiger partial charge is 0.480 e. The smallest absolute Gasteiger partial charge is 0.407 e. The Kier molecular flexibility index (Phi) is 5.58. The van der Waals surface area contributed by atoms with Gasteiger partial charge in [-0.25, -0.2) is 9.59 Å². The summed E-state index contributed by atoms with van der Waals surface area (Å²) in [6.45, 7) is 3.15. The fourth-order valence-corrected chi connectivity index (χ4v) is 6.10. The molecule has 0 saturated heterocycles. The van der Waals surface area contributed by atoms with Gasteiger partial charge in [-0.2, -0.15) is 0 Å². The third-order valence-corrected chi connectivity index (χ3v) is 7.82. The lowest BCUT2D eigenvalue weighted by atomic mass is 9.83. The summed E-state index contributed by atoms with van der Waals surface area (Å²) in [6.07, 6.45) is 2.19. The van der Waals surface area contributed by atoms with E-state index in [4.69, 9.17) is 4.74 Å². The first-order chi connectivity index (χ1) is 16.3. The number of rotatable bonds is 6. The van der Waals surface area contributed by atoms with Crippen LogP contribution < -0.4 is 10.6 Å². The number of amides is 2.